The SMILES string of the molecule is O=C(NCc1cccc2cccnc12)c1[nH]ncc1C1CCCNC1. The minimum atomic E-state index is -0.119. The lowest BCUT2D eigenvalue weighted by atomic mass is 9.92. The van der Waals surface area contributed by atoms with E-state index in [1.54, 1.807) is 12.4 Å². The van der Waals surface area contributed by atoms with E-state index >= 15 is 0 Å². The van der Waals surface area contributed by atoms with Crippen LogP contribution in [-0.2, 0) is 6.54 Å². The molecule has 0 saturated carbocycles. The molecule has 0 bridgehead atoms. The maximum Gasteiger partial charge on any atom is 0.269 e. The van der Waals surface area contributed by atoms with Gasteiger partial charge >= 0.3 is 0 Å². The Bertz CT molecular complexity index is 877. The molecule has 1 saturated heterocycles. The molecule has 1 fully saturated rings. The average Bonchev–Trinajstić information content (AvgIpc) is 3.17. The monoisotopic (exact) mass is 335 g/mol. The molecule has 1 amide bonds. The predicted molar refractivity (Wildman–Crippen MR) is 96.3 cm³/mol. The summed E-state index contributed by atoms with van der Waals surface area (Å²) in [4.78, 5) is 17.1. The fourth-order valence-corrected chi connectivity index (χ4v) is 3.48. The molecular formula is C19H21N5O. The van der Waals surface area contributed by atoms with Crippen LogP contribution in [0, 0.1) is 0 Å². The highest BCUT2D eigenvalue weighted by Crippen LogP contribution is 2.25. The molecule has 4 rings (SSSR count). The molecule has 0 spiro atoms. The van der Waals surface area contributed by atoms with Crippen LogP contribution in [0.4, 0.5) is 0 Å². The molecule has 128 valence electrons. The second kappa shape index (κ2) is 7.03. The number of nitrogens with zero attached hydrogens (tertiary/aromatic N) is 2. The maximum atomic E-state index is 12.7. The van der Waals surface area contributed by atoms with Gasteiger partial charge in [0.1, 0.15) is 5.69 Å². The molecule has 1 atom stereocenters. The highest BCUT2D eigenvalue weighted by Gasteiger charge is 2.23. The quantitative estimate of drug-likeness (QED) is 0.683. The zero-order valence-electron chi connectivity index (χ0n) is 14.0. The number of piperidine rings is 1. The fourth-order valence-electron chi connectivity index (χ4n) is 3.48. The summed E-state index contributed by atoms with van der Waals surface area (Å²) < 4.78 is 0. The summed E-state index contributed by atoms with van der Waals surface area (Å²) in [5.41, 5.74) is 3.50. The summed E-state index contributed by atoms with van der Waals surface area (Å²) in [6.07, 6.45) is 5.77. The number of para-hydroxylation sites is 1. The van der Waals surface area contributed by atoms with E-state index in [4.69, 9.17) is 0 Å². The predicted octanol–water partition coefficient (Wildman–Crippen LogP) is 2.35. The lowest BCUT2D eigenvalue weighted by Gasteiger charge is -2.22. The Kier molecular flexibility index (Phi) is 4.43. The third-order valence-corrected chi connectivity index (χ3v) is 4.79. The minimum absolute atomic E-state index is 0.119. The number of hydrogen-bond acceptors (Lipinski definition) is 4. The molecule has 0 radical (unpaired) electrons. The van der Waals surface area contributed by atoms with Gasteiger partial charge in [-0.2, -0.15) is 5.10 Å². The number of aromatic nitrogens is 3. The van der Waals surface area contributed by atoms with Crippen LogP contribution in [0.5, 0.6) is 0 Å². The molecule has 1 unspecified atom stereocenters. The molecule has 1 aliphatic heterocycles. The van der Waals surface area contributed by atoms with Gasteiger partial charge in [0, 0.05) is 36.2 Å². The van der Waals surface area contributed by atoms with Gasteiger partial charge in [0.25, 0.3) is 5.91 Å². The van der Waals surface area contributed by atoms with Gasteiger partial charge in [-0.1, -0.05) is 24.3 Å². The Hall–Kier alpha value is -2.73. The zero-order chi connectivity index (χ0) is 17.1. The summed E-state index contributed by atoms with van der Waals surface area (Å²) in [5, 5.41) is 14.4. The maximum absolute atomic E-state index is 12.7. The van der Waals surface area contributed by atoms with Gasteiger partial charge in [0.2, 0.25) is 0 Å². The van der Waals surface area contributed by atoms with E-state index in [-0.39, 0.29) is 5.91 Å². The van der Waals surface area contributed by atoms with Crippen molar-refractivity contribution in [3.63, 3.8) is 0 Å². The zero-order valence-corrected chi connectivity index (χ0v) is 14.0. The van der Waals surface area contributed by atoms with Gasteiger partial charge in [0.15, 0.2) is 0 Å². The van der Waals surface area contributed by atoms with E-state index in [0.29, 0.717) is 18.2 Å². The van der Waals surface area contributed by atoms with Gasteiger partial charge in [-0.25, -0.2) is 0 Å². The highest BCUT2D eigenvalue weighted by atomic mass is 16.1. The van der Waals surface area contributed by atoms with Crippen molar-refractivity contribution >= 4 is 16.8 Å². The van der Waals surface area contributed by atoms with Crippen molar-refractivity contribution in [3.05, 3.63) is 59.5 Å². The van der Waals surface area contributed by atoms with Crippen molar-refractivity contribution in [2.75, 3.05) is 13.1 Å². The summed E-state index contributed by atoms with van der Waals surface area (Å²) in [6, 6.07) is 9.95. The Morgan fingerprint density at radius 2 is 2.20 bits per heavy atom. The molecular weight excluding hydrogens is 314 g/mol. The largest absolute Gasteiger partial charge is 0.347 e. The lowest BCUT2D eigenvalue weighted by molar-refractivity contribution is 0.0944. The van der Waals surface area contributed by atoms with Crippen molar-refractivity contribution in [2.45, 2.75) is 25.3 Å². The van der Waals surface area contributed by atoms with Crippen LogP contribution in [0.2, 0.25) is 0 Å². The number of nitrogens with one attached hydrogen (secondary N) is 3. The van der Waals surface area contributed by atoms with Crippen LogP contribution >= 0.6 is 0 Å². The van der Waals surface area contributed by atoms with E-state index in [9.17, 15) is 4.79 Å². The number of carbonyl (C=O) groups is 1. The van der Waals surface area contributed by atoms with Gasteiger partial charge in [-0.3, -0.25) is 14.9 Å². The Labute approximate surface area is 146 Å². The van der Waals surface area contributed by atoms with Crippen LogP contribution in [0.15, 0.2) is 42.7 Å². The second-order valence-corrected chi connectivity index (χ2v) is 6.42. The molecule has 1 aliphatic rings. The Morgan fingerprint density at radius 1 is 1.28 bits per heavy atom. The molecule has 1 aromatic carbocycles. The summed E-state index contributed by atoms with van der Waals surface area (Å²) in [7, 11) is 0. The lowest BCUT2D eigenvalue weighted by Crippen LogP contribution is -2.30. The van der Waals surface area contributed by atoms with Crippen LogP contribution in [-0.4, -0.2) is 34.2 Å². The van der Waals surface area contributed by atoms with Gasteiger partial charge in [-0.15, -0.1) is 0 Å². The standard InChI is InChI=1S/C19H21N5O/c25-19(18-16(12-23-24-18)14-7-2-8-20-10-14)22-11-15-5-1-4-13-6-3-9-21-17(13)15/h1,3-6,9,12,14,20H,2,7-8,10-11H2,(H,22,25)(H,23,24). The van der Waals surface area contributed by atoms with Crippen molar-refractivity contribution < 1.29 is 4.79 Å². The number of hydrogen-bond donors (Lipinski definition) is 3. The normalized spacial score (nSPS) is 17.5. The third-order valence-electron chi connectivity index (χ3n) is 4.79. The van der Waals surface area contributed by atoms with Crippen LogP contribution in [0.25, 0.3) is 10.9 Å². The van der Waals surface area contributed by atoms with E-state index < -0.39 is 0 Å². The first-order valence-corrected chi connectivity index (χ1v) is 8.68. The molecule has 6 heteroatoms. The third kappa shape index (κ3) is 3.25. The van der Waals surface area contributed by atoms with Crippen molar-refractivity contribution in [2.24, 2.45) is 0 Å². The Morgan fingerprint density at radius 3 is 3.08 bits per heavy atom. The number of rotatable bonds is 4. The Balaban J connectivity index is 1.50. The van der Waals surface area contributed by atoms with Crippen molar-refractivity contribution in [3.8, 4) is 0 Å². The van der Waals surface area contributed by atoms with Crippen LogP contribution in [0.1, 0.15) is 40.4 Å². The number of amides is 1. The smallest absolute Gasteiger partial charge is 0.269 e. The molecule has 3 aromatic rings. The van der Waals surface area contributed by atoms with Crippen molar-refractivity contribution in [1.82, 2.24) is 25.8 Å². The van der Waals surface area contributed by atoms with Gasteiger partial charge < -0.3 is 10.6 Å². The van der Waals surface area contributed by atoms with E-state index in [1.807, 2.05) is 30.3 Å². The molecule has 2 aromatic heterocycles. The molecule has 3 heterocycles. The summed E-state index contributed by atoms with van der Waals surface area (Å²) >= 11 is 0. The molecule has 25 heavy (non-hydrogen) atoms. The van der Waals surface area contributed by atoms with E-state index in [2.05, 4.69) is 25.8 Å². The van der Waals surface area contributed by atoms with E-state index in [0.717, 1.165) is 48.0 Å². The second-order valence-electron chi connectivity index (χ2n) is 6.42. The molecule has 0 aliphatic carbocycles. The number of aromatic amines is 1. The topological polar surface area (TPSA) is 82.7 Å². The number of benzene rings is 1. The van der Waals surface area contributed by atoms with Gasteiger partial charge in [0.05, 0.1) is 11.7 Å². The molecule has 6 nitrogen and oxygen atoms in total. The van der Waals surface area contributed by atoms with Crippen molar-refractivity contribution in [1.29, 1.82) is 0 Å². The van der Waals surface area contributed by atoms with Crippen LogP contribution < -0.4 is 10.6 Å². The number of carbonyl (C=O) groups excluding carboxylic acids is 1. The minimum Gasteiger partial charge on any atom is -0.347 e. The number of H-pyrrole nitrogens is 1. The van der Waals surface area contributed by atoms with Crippen LogP contribution in [0.3, 0.4) is 0 Å². The fraction of sp³-hybridized carbons (Fsp3) is 0.316. The first kappa shape index (κ1) is 15.8. The first-order chi connectivity index (χ1) is 12.3. The van der Waals surface area contributed by atoms with E-state index in [1.165, 1.54) is 0 Å². The average molecular weight is 335 g/mol. The molecule has 3 N–H and O–H groups in total. The summed E-state index contributed by atoms with van der Waals surface area (Å²) in [6.45, 7) is 2.38. The number of fused-ring (bicyclic) bond motifs is 1. The summed E-state index contributed by atoms with van der Waals surface area (Å²) in [5.74, 6) is 0.221. The number of pyridine rings is 1. The van der Waals surface area contributed by atoms with Gasteiger partial charge in [-0.05, 0) is 31.0 Å². The highest BCUT2D eigenvalue weighted by molar-refractivity contribution is 5.94. The first-order valence-electron chi connectivity index (χ1n) is 8.68.